The molecule has 1 unspecified atom stereocenters. The number of hydrogen-bond donors (Lipinski definition) is 1. The Morgan fingerprint density at radius 3 is 2.42 bits per heavy atom. The van der Waals surface area contributed by atoms with Crippen LogP contribution in [0.5, 0.6) is 0 Å². The van der Waals surface area contributed by atoms with Crippen molar-refractivity contribution >= 4 is 10.2 Å². The summed E-state index contributed by atoms with van der Waals surface area (Å²) < 4.78 is 39.2. The molecule has 1 N–H and O–H groups in total. The van der Waals surface area contributed by atoms with Crippen molar-refractivity contribution in [2.24, 2.45) is 0 Å². The van der Waals surface area contributed by atoms with Crippen LogP contribution in [0.2, 0.25) is 0 Å². The second-order valence-corrected chi connectivity index (χ2v) is 6.36. The molecule has 0 aromatic heterocycles. The van der Waals surface area contributed by atoms with Gasteiger partial charge in [0.25, 0.3) is 10.2 Å². The van der Waals surface area contributed by atoms with Gasteiger partial charge in [0.1, 0.15) is 0 Å². The molecule has 1 aliphatic heterocycles. The molecule has 6 nitrogen and oxygen atoms in total. The molecule has 19 heavy (non-hydrogen) atoms. The first kappa shape index (κ1) is 16.8. The van der Waals surface area contributed by atoms with E-state index in [0.29, 0.717) is 19.8 Å². The van der Waals surface area contributed by atoms with Gasteiger partial charge in [0.2, 0.25) is 0 Å². The Kier molecular flexibility index (Phi) is 7.23. The van der Waals surface area contributed by atoms with Gasteiger partial charge in [-0.25, -0.2) is 0 Å². The summed E-state index contributed by atoms with van der Waals surface area (Å²) in [6, 6.07) is 0.0592. The zero-order valence-electron chi connectivity index (χ0n) is 12.1. The van der Waals surface area contributed by atoms with Gasteiger partial charge < -0.3 is 9.47 Å². The molecular formula is C12H26N2O4S. The van der Waals surface area contributed by atoms with Gasteiger partial charge in [-0.1, -0.05) is 6.42 Å². The molecule has 0 aliphatic carbocycles. The van der Waals surface area contributed by atoms with E-state index < -0.39 is 16.5 Å². The molecule has 0 aromatic rings. The van der Waals surface area contributed by atoms with Crippen LogP contribution in [0, 0.1) is 0 Å². The van der Waals surface area contributed by atoms with E-state index in [4.69, 9.17) is 9.47 Å². The lowest BCUT2D eigenvalue weighted by molar-refractivity contribution is -0.130. The highest BCUT2D eigenvalue weighted by Crippen LogP contribution is 2.18. The van der Waals surface area contributed by atoms with Gasteiger partial charge >= 0.3 is 0 Å². The SMILES string of the molecule is CCOC(CNS(=O)(=O)N1CCCCC1C)OCC. The van der Waals surface area contributed by atoms with Crippen molar-refractivity contribution < 1.29 is 17.9 Å². The fourth-order valence-electron chi connectivity index (χ4n) is 2.22. The molecule has 0 amide bonds. The summed E-state index contributed by atoms with van der Waals surface area (Å²) in [5.41, 5.74) is 0. The monoisotopic (exact) mass is 294 g/mol. The maximum absolute atomic E-state index is 12.2. The third kappa shape index (κ3) is 5.35. The Bertz CT molecular complexity index is 342. The lowest BCUT2D eigenvalue weighted by Crippen LogP contribution is -2.49. The molecule has 0 radical (unpaired) electrons. The van der Waals surface area contributed by atoms with Crippen molar-refractivity contribution in [3.05, 3.63) is 0 Å². The number of nitrogens with one attached hydrogen (secondary N) is 1. The lowest BCUT2D eigenvalue weighted by atomic mass is 10.1. The summed E-state index contributed by atoms with van der Waals surface area (Å²) >= 11 is 0. The number of nitrogens with zero attached hydrogens (tertiary/aromatic N) is 1. The van der Waals surface area contributed by atoms with E-state index >= 15 is 0 Å². The Balaban J connectivity index is 2.53. The van der Waals surface area contributed by atoms with Gasteiger partial charge in [-0.15, -0.1) is 0 Å². The Morgan fingerprint density at radius 1 is 1.26 bits per heavy atom. The molecule has 1 fully saturated rings. The molecule has 0 saturated carbocycles. The van der Waals surface area contributed by atoms with E-state index in [-0.39, 0.29) is 12.6 Å². The maximum atomic E-state index is 12.2. The summed E-state index contributed by atoms with van der Waals surface area (Å²) in [6.07, 6.45) is 2.41. The second-order valence-electron chi connectivity index (χ2n) is 4.65. The first-order valence-electron chi connectivity index (χ1n) is 7.00. The van der Waals surface area contributed by atoms with Crippen molar-refractivity contribution in [3.63, 3.8) is 0 Å². The molecule has 0 aromatic carbocycles. The topological polar surface area (TPSA) is 67.9 Å². The van der Waals surface area contributed by atoms with Crippen molar-refractivity contribution in [1.82, 2.24) is 9.03 Å². The van der Waals surface area contributed by atoms with Crippen LogP contribution in [-0.2, 0) is 19.7 Å². The quantitative estimate of drug-likeness (QED) is 0.681. The first-order chi connectivity index (χ1) is 9.01. The minimum atomic E-state index is -3.44. The molecule has 1 heterocycles. The number of hydrogen-bond acceptors (Lipinski definition) is 4. The zero-order chi connectivity index (χ0) is 14.3. The Morgan fingerprint density at radius 2 is 1.89 bits per heavy atom. The molecule has 1 atom stereocenters. The summed E-state index contributed by atoms with van der Waals surface area (Å²) in [5.74, 6) is 0. The first-order valence-corrected chi connectivity index (χ1v) is 8.44. The van der Waals surface area contributed by atoms with E-state index in [1.165, 1.54) is 4.31 Å². The molecule has 0 bridgehead atoms. The average molecular weight is 294 g/mol. The van der Waals surface area contributed by atoms with Crippen LogP contribution >= 0.6 is 0 Å². The molecule has 0 spiro atoms. The van der Waals surface area contributed by atoms with Crippen LogP contribution in [0.15, 0.2) is 0 Å². The zero-order valence-corrected chi connectivity index (χ0v) is 12.9. The van der Waals surface area contributed by atoms with E-state index in [9.17, 15) is 8.42 Å². The van der Waals surface area contributed by atoms with Crippen LogP contribution in [0.4, 0.5) is 0 Å². The highest BCUT2D eigenvalue weighted by atomic mass is 32.2. The largest absolute Gasteiger partial charge is 0.352 e. The molecule has 114 valence electrons. The van der Waals surface area contributed by atoms with E-state index in [1.54, 1.807) is 0 Å². The van der Waals surface area contributed by atoms with Gasteiger partial charge in [-0.05, 0) is 33.6 Å². The number of ether oxygens (including phenoxy) is 2. The van der Waals surface area contributed by atoms with Crippen molar-refractivity contribution in [1.29, 1.82) is 0 Å². The summed E-state index contributed by atoms with van der Waals surface area (Å²) in [7, 11) is -3.44. The van der Waals surface area contributed by atoms with E-state index in [1.807, 2.05) is 20.8 Å². The van der Waals surface area contributed by atoms with Gasteiger partial charge in [0.15, 0.2) is 6.29 Å². The molecule has 1 aliphatic rings. The molecular weight excluding hydrogens is 268 g/mol. The lowest BCUT2D eigenvalue weighted by Gasteiger charge is -2.32. The van der Waals surface area contributed by atoms with Gasteiger partial charge in [-0.3, -0.25) is 0 Å². The van der Waals surface area contributed by atoms with E-state index in [2.05, 4.69) is 4.72 Å². The number of piperidine rings is 1. The normalized spacial score (nSPS) is 22.0. The highest BCUT2D eigenvalue weighted by molar-refractivity contribution is 7.87. The molecule has 1 rings (SSSR count). The van der Waals surface area contributed by atoms with Gasteiger partial charge in [-0.2, -0.15) is 17.4 Å². The fourth-order valence-corrected chi connectivity index (χ4v) is 3.68. The van der Waals surface area contributed by atoms with Crippen LogP contribution in [0.25, 0.3) is 0 Å². The van der Waals surface area contributed by atoms with Crippen LogP contribution < -0.4 is 4.72 Å². The third-order valence-corrected chi connectivity index (χ3v) is 4.88. The minimum Gasteiger partial charge on any atom is -0.352 e. The van der Waals surface area contributed by atoms with Gasteiger partial charge in [0, 0.05) is 25.8 Å². The average Bonchev–Trinajstić information content (AvgIpc) is 2.37. The predicted octanol–water partition coefficient (Wildman–Crippen LogP) is 1.09. The molecule has 1 saturated heterocycles. The van der Waals surface area contributed by atoms with Crippen molar-refractivity contribution in [2.45, 2.75) is 52.4 Å². The second kappa shape index (κ2) is 8.16. The summed E-state index contributed by atoms with van der Waals surface area (Å²) in [4.78, 5) is 0. The van der Waals surface area contributed by atoms with Crippen molar-refractivity contribution in [2.75, 3.05) is 26.3 Å². The Hall–Kier alpha value is -0.210. The van der Waals surface area contributed by atoms with Crippen LogP contribution in [0.1, 0.15) is 40.0 Å². The predicted molar refractivity (Wildman–Crippen MR) is 74.0 cm³/mol. The smallest absolute Gasteiger partial charge is 0.279 e. The highest BCUT2D eigenvalue weighted by Gasteiger charge is 2.29. The minimum absolute atomic E-state index is 0.0592. The standard InChI is InChI=1S/C12H26N2O4S/c1-4-17-12(18-5-2)10-13-19(15,16)14-9-7-6-8-11(14)3/h11-13H,4-10H2,1-3H3. The van der Waals surface area contributed by atoms with E-state index in [0.717, 1.165) is 19.3 Å². The Labute approximate surface area is 116 Å². The fraction of sp³-hybridized carbons (Fsp3) is 1.00. The number of rotatable bonds is 8. The molecule has 7 heteroatoms. The third-order valence-electron chi connectivity index (χ3n) is 3.19. The summed E-state index contributed by atoms with van der Waals surface area (Å²) in [5, 5.41) is 0. The van der Waals surface area contributed by atoms with Gasteiger partial charge in [0.05, 0.1) is 6.54 Å². The van der Waals surface area contributed by atoms with Crippen molar-refractivity contribution in [3.8, 4) is 0 Å². The van der Waals surface area contributed by atoms with Crippen LogP contribution in [0.3, 0.4) is 0 Å². The summed E-state index contributed by atoms with van der Waals surface area (Å²) in [6.45, 7) is 7.37. The maximum Gasteiger partial charge on any atom is 0.279 e. The van der Waals surface area contributed by atoms with Crippen LogP contribution in [-0.4, -0.2) is 51.4 Å².